The van der Waals surface area contributed by atoms with Crippen molar-refractivity contribution in [2.45, 2.75) is 13.3 Å². The van der Waals surface area contributed by atoms with E-state index >= 15 is 0 Å². The van der Waals surface area contributed by atoms with Gasteiger partial charge in [-0.3, -0.25) is 4.79 Å². The lowest BCUT2D eigenvalue weighted by atomic mass is 10.1. The smallest absolute Gasteiger partial charge is 0.261 e. The number of aryl methyl sites for hydroxylation is 1. The van der Waals surface area contributed by atoms with E-state index in [-0.39, 0.29) is 5.91 Å². The Labute approximate surface area is 105 Å². The van der Waals surface area contributed by atoms with Crippen LogP contribution in [0.15, 0.2) is 34.9 Å². The number of para-hydroxylation sites is 1. The molecule has 2 aromatic rings. The number of hydrogen-bond acceptors (Lipinski definition) is 3. The fraction of sp³-hybridized carbons (Fsp3) is 0.214. The summed E-state index contributed by atoms with van der Waals surface area (Å²) in [7, 11) is 0. The van der Waals surface area contributed by atoms with Gasteiger partial charge in [-0.25, -0.2) is 0 Å². The number of benzene rings is 1. The third-order valence-corrected chi connectivity index (χ3v) is 3.25. The number of nitrogens with two attached hydrogens (primary N) is 1. The van der Waals surface area contributed by atoms with Gasteiger partial charge in [-0.05, 0) is 31.0 Å². The first kappa shape index (κ1) is 10.9. The molecule has 1 aromatic heterocycles. The standard InChI is InChI=1S/C14H14N2O2/c1-9-7-11(8-18-9)14(17)16-6-5-10-3-2-4-12(15)13(10)16/h2-4,7-8H,5-6,15H2,1H3. The second-order valence-electron chi connectivity index (χ2n) is 4.51. The zero-order valence-corrected chi connectivity index (χ0v) is 10.1. The molecule has 0 atom stereocenters. The van der Waals surface area contributed by atoms with E-state index in [1.165, 1.54) is 6.26 Å². The maximum atomic E-state index is 12.4. The summed E-state index contributed by atoms with van der Waals surface area (Å²) in [6, 6.07) is 7.51. The van der Waals surface area contributed by atoms with Crippen molar-refractivity contribution >= 4 is 17.3 Å². The first-order valence-corrected chi connectivity index (χ1v) is 5.91. The highest BCUT2D eigenvalue weighted by Gasteiger charge is 2.27. The fourth-order valence-electron chi connectivity index (χ4n) is 2.40. The molecule has 0 radical (unpaired) electrons. The van der Waals surface area contributed by atoms with Crippen LogP contribution < -0.4 is 10.6 Å². The number of fused-ring (bicyclic) bond motifs is 1. The van der Waals surface area contributed by atoms with E-state index in [0.717, 1.165) is 23.4 Å². The minimum atomic E-state index is -0.0523. The lowest BCUT2D eigenvalue weighted by Gasteiger charge is -2.17. The normalized spacial score (nSPS) is 13.7. The van der Waals surface area contributed by atoms with Crippen LogP contribution >= 0.6 is 0 Å². The highest BCUT2D eigenvalue weighted by molar-refractivity contribution is 6.08. The van der Waals surface area contributed by atoms with Crippen LogP contribution in [0.25, 0.3) is 0 Å². The molecule has 0 bridgehead atoms. The number of carbonyl (C=O) groups is 1. The second-order valence-corrected chi connectivity index (χ2v) is 4.51. The molecule has 3 rings (SSSR count). The number of anilines is 2. The highest BCUT2D eigenvalue weighted by Crippen LogP contribution is 2.34. The van der Waals surface area contributed by atoms with Gasteiger partial charge in [-0.2, -0.15) is 0 Å². The number of carbonyl (C=O) groups excluding carboxylic acids is 1. The van der Waals surface area contributed by atoms with E-state index < -0.39 is 0 Å². The largest absolute Gasteiger partial charge is 0.469 e. The van der Waals surface area contributed by atoms with Gasteiger partial charge in [0.15, 0.2) is 0 Å². The second kappa shape index (κ2) is 3.91. The van der Waals surface area contributed by atoms with E-state index in [1.807, 2.05) is 25.1 Å². The van der Waals surface area contributed by atoms with Crippen LogP contribution in [0.4, 0.5) is 11.4 Å². The number of nitrogen functional groups attached to an aromatic ring is 1. The molecule has 0 spiro atoms. The topological polar surface area (TPSA) is 59.5 Å². The van der Waals surface area contributed by atoms with Crippen LogP contribution in [0.5, 0.6) is 0 Å². The monoisotopic (exact) mass is 242 g/mol. The van der Waals surface area contributed by atoms with E-state index in [0.29, 0.717) is 17.8 Å². The SMILES string of the molecule is Cc1cc(C(=O)N2CCc3cccc(N)c32)co1. The molecule has 2 heterocycles. The molecule has 4 nitrogen and oxygen atoms in total. The number of furan rings is 1. The summed E-state index contributed by atoms with van der Waals surface area (Å²) >= 11 is 0. The summed E-state index contributed by atoms with van der Waals surface area (Å²) in [5.74, 6) is 0.683. The van der Waals surface area contributed by atoms with E-state index in [4.69, 9.17) is 10.2 Å². The maximum absolute atomic E-state index is 12.4. The minimum absolute atomic E-state index is 0.0523. The zero-order valence-electron chi connectivity index (χ0n) is 10.1. The molecule has 0 saturated carbocycles. The molecule has 1 aliphatic rings. The van der Waals surface area contributed by atoms with Gasteiger partial charge in [0.05, 0.1) is 16.9 Å². The lowest BCUT2D eigenvalue weighted by Crippen LogP contribution is -2.29. The number of nitrogens with zero attached hydrogens (tertiary/aromatic N) is 1. The Morgan fingerprint density at radius 2 is 2.28 bits per heavy atom. The van der Waals surface area contributed by atoms with Gasteiger partial charge >= 0.3 is 0 Å². The predicted molar refractivity (Wildman–Crippen MR) is 69.7 cm³/mol. The van der Waals surface area contributed by atoms with Crippen molar-refractivity contribution in [3.63, 3.8) is 0 Å². The molecule has 1 aromatic carbocycles. The summed E-state index contributed by atoms with van der Waals surface area (Å²) in [5.41, 5.74) is 9.17. The number of rotatable bonds is 1. The molecule has 1 aliphatic heterocycles. The van der Waals surface area contributed by atoms with Crippen LogP contribution in [0.2, 0.25) is 0 Å². The maximum Gasteiger partial charge on any atom is 0.261 e. The van der Waals surface area contributed by atoms with Crippen LogP contribution in [-0.2, 0) is 6.42 Å². The van der Waals surface area contributed by atoms with Crippen molar-refractivity contribution in [1.82, 2.24) is 0 Å². The summed E-state index contributed by atoms with van der Waals surface area (Å²) < 4.78 is 5.18. The van der Waals surface area contributed by atoms with Crippen molar-refractivity contribution in [2.24, 2.45) is 0 Å². The van der Waals surface area contributed by atoms with Gasteiger partial charge in [0.2, 0.25) is 0 Å². The molecule has 0 unspecified atom stereocenters. The minimum Gasteiger partial charge on any atom is -0.469 e. The van der Waals surface area contributed by atoms with Gasteiger partial charge in [0.1, 0.15) is 12.0 Å². The van der Waals surface area contributed by atoms with Crippen molar-refractivity contribution in [3.05, 3.63) is 47.4 Å². The average molecular weight is 242 g/mol. The van der Waals surface area contributed by atoms with Gasteiger partial charge in [-0.1, -0.05) is 12.1 Å². The van der Waals surface area contributed by atoms with Crippen molar-refractivity contribution in [3.8, 4) is 0 Å². The van der Waals surface area contributed by atoms with Gasteiger partial charge in [-0.15, -0.1) is 0 Å². The summed E-state index contributed by atoms with van der Waals surface area (Å²) in [4.78, 5) is 14.1. The number of hydrogen-bond donors (Lipinski definition) is 1. The highest BCUT2D eigenvalue weighted by atomic mass is 16.3. The van der Waals surface area contributed by atoms with Crippen LogP contribution in [0.3, 0.4) is 0 Å². The molecule has 0 saturated heterocycles. The van der Waals surface area contributed by atoms with Crippen molar-refractivity contribution in [1.29, 1.82) is 0 Å². The Morgan fingerprint density at radius 3 is 3.00 bits per heavy atom. The van der Waals surface area contributed by atoms with E-state index in [2.05, 4.69) is 0 Å². The third-order valence-electron chi connectivity index (χ3n) is 3.25. The summed E-state index contributed by atoms with van der Waals surface area (Å²) in [5, 5.41) is 0. The molecule has 2 N–H and O–H groups in total. The van der Waals surface area contributed by atoms with Gasteiger partial charge < -0.3 is 15.1 Å². The zero-order chi connectivity index (χ0) is 12.7. The molecular weight excluding hydrogens is 228 g/mol. The molecule has 0 fully saturated rings. The van der Waals surface area contributed by atoms with Crippen LogP contribution in [0.1, 0.15) is 21.7 Å². The first-order chi connectivity index (χ1) is 8.66. The molecular formula is C14H14N2O2. The molecule has 1 amide bonds. The Morgan fingerprint density at radius 1 is 1.44 bits per heavy atom. The molecule has 0 aliphatic carbocycles. The van der Waals surface area contributed by atoms with Crippen LogP contribution in [0, 0.1) is 6.92 Å². The lowest BCUT2D eigenvalue weighted by molar-refractivity contribution is 0.0989. The Bertz CT molecular complexity index is 616. The number of amides is 1. The Kier molecular flexibility index (Phi) is 2.37. The Hall–Kier alpha value is -2.23. The average Bonchev–Trinajstić information content (AvgIpc) is 2.95. The summed E-state index contributed by atoms with van der Waals surface area (Å²) in [6.07, 6.45) is 2.34. The third kappa shape index (κ3) is 1.57. The quantitative estimate of drug-likeness (QED) is 0.781. The van der Waals surface area contributed by atoms with Gasteiger partial charge in [0.25, 0.3) is 5.91 Å². The Balaban J connectivity index is 2.00. The van der Waals surface area contributed by atoms with Crippen molar-refractivity contribution in [2.75, 3.05) is 17.2 Å². The van der Waals surface area contributed by atoms with E-state index in [1.54, 1.807) is 11.0 Å². The first-order valence-electron chi connectivity index (χ1n) is 5.91. The van der Waals surface area contributed by atoms with Gasteiger partial charge in [0, 0.05) is 6.54 Å². The van der Waals surface area contributed by atoms with Crippen LogP contribution in [-0.4, -0.2) is 12.5 Å². The molecule has 4 heteroatoms. The predicted octanol–water partition coefficient (Wildman–Crippen LogP) is 2.37. The summed E-state index contributed by atoms with van der Waals surface area (Å²) in [6.45, 7) is 2.50. The van der Waals surface area contributed by atoms with E-state index in [9.17, 15) is 4.79 Å². The fourth-order valence-corrected chi connectivity index (χ4v) is 2.40. The van der Waals surface area contributed by atoms with Crippen molar-refractivity contribution < 1.29 is 9.21 Å². The molecule has 92 valence electrons. The molecule has 18 heavy (non-hydrogen) atoms.